The lowest BCUT2D eigenvalue weighted by atomic mass is 9.49. The molecule has 2 aromatic carbocycles. The Hall–Kier alpha value is -3.50. The SMILES string of the molecule is CC1SC2C(C(c3ccc(OCCOC4CCN(C5NCC(C(=O)NC6C(C)(C)C(Oc7ccc(C#N)c(Cl)c7)C6(C)C)CN5)CC4)cc3)=N[C@@H](CC(=O)NC3CC3)C3NNC(C)N23)C1C. The van der Waals surface area contributed by atoms with E-state index in [2.05, 4.69) is 109 Å². The Labute approximate surface area is 399 Å². The molecule has 4 saturated heterocycles. The highest BCUT2D eigenvalue weighted by atomic mass is 35.5. The van der Waals surface area contributed by atoms with Gasteiger partial charge in [0, 0.05) is 72.0 Å². The van der Waals surface area contributed by atoms with Crippen molar-refractivity contribution in [2.45, 2.75) is 140 Å². The van der Waals surface area contributed by atoms with Gasteiger partial charge in [-0.25, -0.2) is 10.9 Å². The second-order valence-electron chi connectivity index (χ2n) is 20.8. The number of carbonyl (C=O) groups is 2. The minimum absolute atomic E-state index is 0.0101. The first-order chi connectivity index (χ1) is 31.6. The molecule has 2 aliphatic carbocycles. The lowest BCUT2D eigenvalue weighted by Crippen LogP contribution is -2.75. The van der Waals surface area contributed by atoms with Gasteiger partial charge < -0.3 is 24.8 Å². The van der Waals surface area contributed by atoms with E-state index in [0.29, 0.717) is 66.3 Å². The van der Waals surface area contributed by atoms with Crippen LogP contribution in [-0.4, -0.2) is 126 Å². The number of hydrogen-bond donors (Lipinski definition) is 6. The average molecular weight is 946 g/mol. The Morgan fingerprint density at radius 1 is 0.939 bits per heavy atom. The number of thioether (sulfide) groups is 1. The van der Waals surface area contributed by atoms with Crippen LogP contribution < -0.4 is 41.6 Å². The molecular weight excluding hydrogens is 876 g/mol. The number of likely N-dealkylation sites (tertiary alicyclic amines) is 1. The first-order valence-corrected chi connectivity index (χ1v) is 25.5. The zero-order chi connectivity index (χ0) is 46.5. The van der Waals surface area contributed by atoms with Gasteiger partial charge in [0.05, 0.1) is 59.4 Å². The van der Waals surface area contributed by atoms with Crippen LogP contribution in [0.5, 0.6) is 11.5 Å². The number of benzene rings is 2. The summed E-state index contributed by atoms with van der Waals surface area (Å²) in [6.45, 7) is 19.3. The van der Waals surface area contributed by atoms with Gasteiger partial charge in [0.15, 0.2) is 0 Å². The summed E-state index contributed by atoms with van der Waals surface area (Å²) in [5.74, 6) is 1.99. The van der Waals surface area contributed by atoms with E-state index in [9.17, 15) is 14.9 Å². The fourth-order valence-corrected chi connectivity index (χ4v) is 13.8. The van der Waals surface area contributed by atoms with Crippen molar-refractivity contribution in [3.8, 4) is 17.6 Å². The number of amides is 2. The average Bonchev–Trinajstić information content (AvgIpc) is 3.99. The second-order valence-corrected chi connectivity index (χ2v) is 22.7. The van der Waals surface area contributed by atoms with Gasteiger partial charge in [0.2, 0.25) is 11.8 Å². The monoisotopic (exact) mass is 944 g/mol. The molecule has 7 aliphatic rings. The molecule has 17 heteroatoms. The molecule has 6 unspecified atom stereocenters. The molecule has 0 aromatic heterocycles. The molecule has 2 aromatic rings. The zero-order valence-electron chi connectivity index (χ0n) is 39.4. The van der Waals surface area contributed by atoms with Gasteiger partial charge in [-0.15, -0.1) is 11.8 Å². The summed E-state index contributed by atoms with van der Waals surface area (Å²) in [7, 11) is 0. The van der Waals surface area contributed by atoms with Crippen LogP contribution in [0.1, 0.15) is 91.7 Å². The van der Waals surface area contributed by atoms with Crippen molar-refractivity contribution < 1.29 is 23.8 Å². The van der Waals surface area contributed by atoms with Crippen LogP contribution in [-0.2, 0) is 14.3 Å². The van der Waals surface area contributed by atoms with Crippen molar-refractivity contribution in [2.75, 3.05) is 39.4 Å². The number of ether oxygens (including phenoxy) is 3. The molecule has 7 atom stereocenters. The predicted octanol–water partition coefficient (Wildman–Crippen LogP) is 4.80. The second kappa shape index (κ2) is 19.5. The number of nitriles is 1. The van der Waals surface area contributed by atoms with Crippen molar-refractivity contribution in [3.05, 3.63) is 58.6 Å². The number of nitrogens with zero attached hydrogens (tertiary/aromatic N) is 4. The Morgan fingerprint density at radius 2 is 1.64 bits per heavy atom. The number of hydrogen-bond acceptors (Lipinski definition) is 14. The topological polar surface area (TPSA) is 177 Å². The van der Waals surface area contributed by atoms with Crippen LogP contribution in [0.2, 0.25) is 5.02 Å². The van der Waals surface area contributed by atoms with Crippen molar-refractivity contribution >= 4 is 40.9 Å². The van der Waals surface area contributed by atoms with Crippen molar-refractivity contribution in [1.82, 2.24) is 41.9 Å². The summed E-state index contributed by atoms with van der Waals surface area (Å²) >= 11 is 8.30. The smallest absolute Gasteiger partial charge is 0.225 e. The molecule has 358 valence electrons. The quantitative estimate of drug-likeness (QED) is 0.143. The van der Waals surface area contributed by atoms with Crippen LogP contribution in [0, 0.1) is 39.9 Å². The molecule has 0 bridgehead atoms. The van der Waals surface area contributed by atoms with Crippen molar-refractivity contribution in [2.24, 2.45) is 33.6 Å². The molecule has 0 radical (unpaired) electrons. The van der Waals surface area contributed by atoms with E-state index in [1.54, 1.807) is 18.2 Å². The maximum Gasteiger partial charge on any atom is 0.225 e. The van der Waals surface area contributed by atoms with E-state index >= 15 is 0 Å². The van der Waals surface area contributed by atoms with Gasteiger partial charge in [-0.05, 0) is 80.5 Å². The minimum atomic E-state index is -0.321. The largest absolute Gasteiger partial charge is 0.491 e. The highest BCUT2D eigenvalue weighted by molar-refractivity contribution is 8.00. The molecule has 0 spiro atoms. The van der Waals surface area contributed by atoms with Crippen molar-refractivity contribution in [1.29, 1.82) is 5.26 Å². The van der Waals surface area contributed by atoms with E-state index < -0.39 is 0 Å². The lowest BCUT2D eigenvalue weighted by Gasteiger charge is -2.63. The molecule has 6 fully saturated rings. The van der Waals surface area contributed by atoms with E-state index in [1.165, 1.54) is 0 Å². The highest BCUT2D eigenvalue weighted by Gasteiger charge is 2.64. The van der Waals surface area contributed by atoms with Gasteiger partial charge in [0.25, 0.3) is 0 Å². The number of aliphatic imine (C=N–C) groups is 1. The fourth-order valence-electron chi connectivity index (χ4n) is 11.7. The molecule has 5 heterocycles. The Morgan fingerprint density at radius 3 is 2.30 bits per heavy atom. The maximum atomic E-state index is 13.6. The summed E-state index contributed by atoms with van der Waals surface area (Å²) in [5, 5.41) is 24.1. The number of rotatable bonds is 14. The zero-order valence-corrected chi connectivity index (χ0v) is 41.0. The number of halogens is 1. The number of carbonyl (C=O) groups excluding carboxylic acids is 2. The minimum Gasteiger partial charge on any atom is -0.491 e. The molecule has 5 aliphatic heterocycles. The molecule has 2 saturated carbocycles. The lowest BCUT2D eigenvalue weighted by molar-refractivity contribution is -0.174. The van der Waals surface area contributed by atoms with Crippen LogP contribution >= 0.6 is 23.4 Å². The van der Waals surface area contributed by atoms with Gasteiger partial charge >= 0.3 is 0 Å². The van der Waals surface area contributed by atoms with Gasteiger partial charge in [0.1, 0.15) is 36.6 Å². The maximum absolute atomic E-state index is 13.6. The van der Waals surface area contributed by atoms with E-state index in [4.69, 9.17) is 30.8 Å². The predicted molar refractivity (Wildman–Crippen MR) is 257 cm³/mol. The number of nitrogens with one attached hydrogen (secondary N) is 6. The Kier molecular flexibility index (Phi) is 14.0. The van der Waals surface area contributed by atoms with Gasteiger partial charge in [-0.3, -0.25) is 35.0 Å². The molecule has 66 heavy (non-hydrogen) atoms. The van der Waals surface area contributed by atoms with E-state index in [1.807, 2.05) is 23.9 Å². The van der Waals surface area contributed by atoms with Crippen LogP contribution in [0.25, 0.3) is 0 Å². The summed E-state index contributed by atoms with van der Waals surface area (Å²) < 4.78 is 18.9. The fraction of sp³-hybridized carbons (Fsp3) is 0.673. The highest BCUT2D eigenvalue weighted by Crippen LogP contribution is 2.56. The summed E-state index contributed by atoms with van der Waals surface area (Å²) in [4.78, 5) is 37.1. The third-order valence-electron chi connectivity index (χ3n) is 15.4. The van der Waals surface area contributed by atoms with Gasteiger partial charge in [-0.2, -0.15) is 5.26 Å². The molecule has 2 amide bonds. The van der Waals surface area contributed by atoms with Crippen LogP contribution in [0.4, 0.5) is 0 Å². The molecular formula is C49H69ClN10O5S. The molecule has 15 nitrogen and oxygen atoms in total. The van der Waals surface area contributed by atoms with Crippen LogP contribution in [0.15, 0.2) is 47.5 Å². The summed E-state index contributed by atoms with van der Waals surface area (Å²) in [6, 6.07) is 15.6. The van der Waals surface area contributed by atoms with Gasteiger partial charge in [-0.1, -0.05) is 53.1 Å². The third-order valence-corrected chi connectivity index (χ3v) is 17.4. The number of hydrazine groups is 1. The molecule has 9 rings (SSSR count). The number of fused-ring (bicyclic) bond motifs is 3. The van der Waals surface area contributed by atoms with E-state index in [-0.39, 0.29) is 82.8 Å². The first-order valence-electron chi connectivity index (χ1n) is 24.2. The molecule has 6 N–H and O–H groups in total. The van der Waals surface area contributed by atoms with Crippen LogP contribution in [0.3, 0.4) is 0 Å². The standard InChI is InChI=1S/C49H69ClN10O5S/c1-27-28(2)66-44-40(27)41(55-38(23-39(61)54-33-11-12-33)42-58-57-29(3)60(42)44)30-8-13-34(14-9-30)63-20-21-64-35-16-18-59(19-17-35)47-52-25-32(26-53-47)43(62)56-45-48(4,5)46(49(45,6)7)65-36-15-10-31(24-51)37(50)22-36/h8-10,13-15,22,27-29,32-33,35,38,40,42,44-47,52-53,57-58H,11-12,16-21,23,25-26H2,1-7H3,(H,54,61)(H,56,62)/t27?,28?,29?,32?,38-,40?,42?,44?,45?,46?,47?/m0/s1. The summed E-state index contributed by atoms with van der Waals surface area (Å²) in [5.41, 5.74) is 8.90. The normalized spacial score (nSPS) is 34.2. The Bertz CT molecular complexity index is 2140. The Balaban J connectivity index is 0.710. The summed E-state index contributed by atoms with van der Waals surface area (Å²) in [6.07, 6.45) is 4.41. The number of piperidine rings is 1. The van der Waals surface area contributed by atoms with Crippen molar-refractivity contribution in [3.63, 3.8) is 0 Å². The van der Waals surface area contributed by atoms with E-state index in [0.717, 1.165) is 55.8 Å². The first kappa shape index (κ1) is 47.6. The third kappa shape index (κ3) is 9.71.